The van der Waals surface area contributed by atoms with Crippen molar-refractivity contribution in [1.29, 1.82) is 10.5 Å². The Balaban J connectivity index is 1.50. The van der Waals surface area contributed by atoms with Crippen LogP contribution in [0.5, 0.6) is 0 Å². The molecular formula is C36H33ClN8O6S2. The number of nitriles is 2. The molecule has 0 unspecified atom stereocenters. The van der Waals surface area contributed by atoms with Gasteiger partial charge in [-0.2, -0.15) is 10.5 Å². The lowest BCUT2D eigenvalue weighted by Crippen LogP contribution is -2.53. The van der Waals surface area contributed by atoms with Crippen LogP contribution >= 0.6 is 11.6 Å². The predicted octanol–water partition coefficient (Wildman–Crippen LogP) is 4.81. The first-order chi connectivity index (χ1) is 25.4. The number of rotatable bonds is 10. The van der Waals surface area contributed by atoms with Gasteiger partial charge in [0.15, 0.2) is 0 Å². The second-order valence-electron chi connectivity index (χ2n) is 12.6. The third kappa shape index (κ3) is 8.10. The van der Waals surface area contributed by atoms with Crippen molar-refractivity contribution in [2.24, 2.45) is 0 Å². The lowest BCUT2D eigenvalue weighted by Gasteiger charge is -2.36. The number of nitrogens with zero attached hydrogens (tertiary/aromatic N) is 6. The van der Waals surface area contributed by atoms with Gasteiger partial charge in [-0.3, -0.25) is 19.2 Å². The van der Waals surface area contributed by atoms with E-state index in [0.29, 0.717) is 12.8 Å². The summed E-state index contributed by atoms with van der Waals surface area (Å²) in [6.45, 7) is 0. The molecule has 2 fully saturated rings. The van der Waals surface area contributed by atoms with E-state index in [1.165, 1.54) is 60.9 Å². The van der Waals surface area contributed by atoms with Crippen molar-refractivity contribution in [2.45, 2.75) is 61.5 Å². The van der Waals surface area contributed by atoms with E-state index in [1.807, 2.05) is 12.1 Å². The fourth-order valence-electron chi connectivity index (χ4n) is 6.54. The summed E-state index contributed by atoms with van der Waals surface area (Å²) in [5, 5.41) is 22.0. The van der Waals surface area contributed by atoms with Crippen LogP contribution in [0.15, 0.2) is 90.1 Å². The smallest absolute Gasteiger partial charge is 0.263 e. The highest BCUT2D eigenvalue weighted by Gasteiger charge is 2.47. The summed E-state index contributed by atoms with van der Waals surface area (Å²) in [7, 11) is -8.53. The van der Waals surface area contributed by atoms with Gasteiger partial charge < -0.3 is 5.32 Å². The van der Waals surface area contributed by atoms with Crippen molar-refractivity contribution in [3.05, 3.63) is 107 Å². The zero-order valence-electron chi connectivity index (χ0n) is 28.1. The minimum absolute atomic E-state index is 0.0525. The Hall–Kier alpha value is -5.55. The third-order valence-electron chi connectivity index (χ3n) is 9.05. The van der Waals surface area contributed by atoms with Gasteiger partial charge in [-0.05, 0) is 67.8 Å². The van der Waals surface area contributed by atoms with Crippen molar-refractivity contribution in [3.8, 4) is 12.1 Å². The molecule has 0 spiro atoms. The van der Waals surface area contributed by atoms with E-state index in [9.17, 15) is 32.2 Å². The Kier molecular flexibility index (Phi) is 10.9. The Morgan fingerprint density at radius 3 is 2.32 bits per heavy atom. The van der Waals surface area contributed by atoms with Gasteiger partial charge in [-0.15, -0.1) is 0 Å². The minimum atomic E-state index is -4.39. The first kappa shape index (κ1) is 37.2. The van der Waals surface area contributed by atoms with Crippen LogP contribution in [0.2, 0.25) is 5.02 Å². The van der Waals surface area contributed by atoms with Crippen molar-refractivity contribution < 1.29 is 26.4 Å². The number of carbonyl (C=O) groups excluding carboxylic acids is 2. The molecule has 1 aliphatic heterocycles. The molecule has 14 nitrogen and oxygen atoms in total. The van der Waals surface area contributed by atoms with Gasteiger partial charge in [0.1, 0.15) is 23.7 Å². The first-order valence-corrected chi connectivity index (χ1v) is 20.1. The molecule has 1 saturated carbocycles. The number of hydrogen-bond acceptors (Lipinski definition) is 10. The number of sulfonamides is 2. The molecule has 2 N–H and O–H groups in total. The largest absolute Gasteiger partial charge is 0.351 e. The summed E-state index contributed by atoms with van der Waals surface area (Å²) in [6, 6.07) is 17.8. The second-order valence-corrected chi connectivity index (χ2v) is 16.6. The highest BCUT2D eigenvalue weighted by atomic mass is 35.5. The first-order valence-electron chi connectivity index (χ1n) is 16.7. The standard InChI is InChI=1S/C36H33ClN8O6S2/c37-30-12-5-4-11-29(30)34(35(46)42-26-7-2-1-3-8-26)44(36(47)31-15-18-52(48,49)45(31)33-20-25(23-39)14-17-41-33)27-9-6-10-28(21-27)53(50,51)43-32-19-24(22-38)13-16-40-32/h4-6,9-14,16-17,19-21,26,31,34H,1-3,7-8,15,18H2,(H,40,43)(H,42,46)/t31-,34+/m0/s1. The molecule has 1 saturated heterocycles. The van der Waals surface area contributed by atoms with Gasteiger partial charge in [0.2, 0.25) is 15.9 Å². The number of halogens is 1. The fourth-order valence-corrected chi connectivity index (χ4v) is 9.51. The molecular weight excluding hydrogens is 740 g/mol. The van der Waals surface area contributed by atoms with Gasteiger partial charge in [-0.1, -0.05) is 55.1 Å². The highest BCUT2D eigenvalue weighted by Crippen LogP contribution is 2.37. The number of pyridine rings is 2. The van der Waals surface area contributed by atoms with E-state index in [2.05, 4.69) is 20.0 Å². The van der Waals surface area contributed by atoms with Crippen molar-refractivity contribution in [2.75, 3.05) is 19.7 Å². The summed E-state index contributed by atoms with van der Waals surface area (Å²) in [5.41, 5.74) is 0.446. The second kappa shape index (κ2) is 15.6. The molecule has 53 heavy (non-hydrogen) atoms. The van der Waals surface area contributed by atoms with Crippen molar-refractivity contribution in [3.63, 3.8) is 0 Å². The van der Waals surface area contributed by atoms with Crippen LogP contribution in [0.4, 0.5) is 17.3 Å². The average Bonchev–Trinajstić information content (AvgIpc) is 3.48. The fraction of sp³-hybridized carbons (Fsp3) is 0.278. The number of aromatic nitrogens is 2. The highest BCUT2D eigenvalue weighted by molar-refractivity contribution is 7.93. The zero-order chi connectivity index (χ0) is 37.8. The summed E-state index contributed by atoms with van der Waals surface area (Å²) >= 11 is 6.72. The molecule has 4 aromatic rings. The number of hydrogen-bond donors (Lipinski definition) is 2. The maximum Gasteiger partial charge on any atom is 0.263 e. The van der Waals surface area contributed by atoms with Crippen molar-refractivity contribution in [1.82, 2.24) is 15.3 Å². The topological polar surface area (TPSA) is 206 Å². The minimum Gasteiger partial charge on any atom is -0.351 e. The van der Waals surface area contributed by atoms with E-state index in [1.54, 1.807) is 24.3 Å². The van der Waals surface area contributed by atoms with Gasteiger partial charge in [-0.25, -0.2) is 31.1 Å². The summed E-state index contributed by atoms with van der Waals surface area (Å²) in [4.78, 5) is 38.6. The van der Waals surface area contributed by atoms with Crippen LogP contribution in [-0.2, 0) is 29.6 Å². The van der Waals surface area contributed by atoms with E-state index >= 15 is 4.79 Å². The third-order valence-corrected chi connectivity index (χ3v) is 12.5. The Bertz CT molecular complexity index is 2360. The SMILES string of the molecule is N#Cc1ccnc(NS(=O)(=O)c2cccc(N(C(=O)[C@@H]3CCS(=O)(=O)N3c3cc(C#N)ccn3)[C@@H](C(=O)NC3CCCCC3)c3ccccc3Cl)c2)c1. The van der Waals surface area contributed by atoms with E-state index < -0.39 is 49.7 Å². The van der Waals surface area contributed by atoms with Crippen LogP contribution in [0.1, 0.15) is 61.3 Å². The summed E-state index contributed by atoms with van der Waals surface area (Å²) in [6.07, 6.45) is 6.57. The van der Waals surface area contributed by atoms with Gasteiger partial charge in [0.05, 0.1) is 33.9 Å². The molecule has 2 aliphatic rings. The van der Waals surface area contributed by atoms with E-state index in [0.717, 1.165) is 28.5 Å². The lowest BCUT2D eigenvalue weighted by atomic mass is 9.94. The number of anilines is 3. The molecule has 3 heterocycles. The molecule has 272 valence electrons. The zero-order valence-corrected chi connectivity index (χ0v) is 30.5. The number of benzene rings is 2. The lowest BCUT2D eigenvalue weighted by molar-refractivity contribution is -0.127. The van der Waals surface area contributed by atoms with Crippen LogP contribution in [0.25, 0.3) is 0 Å². The monoisotopic (exact) mass is 772 g/mol. The number of nitrogens with one attached hydrogen (secondary N) is 2. The van der Waals surface area contributed by atoms with Crippen LogP contribution in [0, 0.1) is 22.7 Å². The number of amides is 2. The maximum atomic E-state index is 15.1. The molecule has 6 rings (SSSR count). The van der Waals surface area contributed by atoms with Gasteiger partial charge >= 0.3 is 0 Å². The van der Waals surface area contributed by atoms with Gasteiger partial charge in [0, 0.05) is 34.7 Å². The average molecular weight is 773 g/mol. The predicted molar refractivity (Wildman–Crippen MR) is 197 cm³/mol. The van der Waals surface area contributed by atoms with Crippen LogP contribution < -0.4 is 19.2 Å². The summed E-state index contributed by atoms with van der Waals surface area (Å²) in [5.74, 6) is -2.17. The molecule has 2 amide bonds. The summed E-state index contributed by atoms with van der Waals surface area (Å²) < 4.78 is 57.7. The van der Waals surface area contributed by atoms with E-state index in [-0.39, 0.29) is 56.4 Å². The maximum absolute atomic E-state index is 15.1. The Labute approximate surface area is 312 Å². The Morgan fingerprint density at radius 1 is 0.906 bits per heavy atom. The molecule has 1 aliphatic carbocycles. The van der Waals surface area contributed by atoms with Crippen LogP contribution in [-0.4, -0.2) is 56.5 Å². The van der Waals surface area contributed by atoms with Gasteiger partial charge in [0.25, 0.3) is 15.9 Å². The molecule has 2 aromatic heterocycles. The molecule has 17 heteroatoms. The molecule has 0 radical (unpaired) electrons. The quantitative estimate of drug-likeness (QED) is 0.225. The normalized spacial score (nSPS) is 17.6. The molecule has 2 aromatic carbocycles. The van der Waals surface area contributed by atoms with E-state index in [4.69, 9.17) is 11.6 Å². The molecule has 2 atom stereocenters. The van der Waals surface area contributed by atoms with Crippen molar-refractivity contribution >= 4 is 60.8 Å². The van der Waals surface area contributed by atoms with Crippen LogP contribution in [0.3, 0.4) is 0 Å². The number of carbonyl (C=O) groups is 2. The Morgan fingerprint density at radius 2 is 1.60 bits per heavy atom. The molecule has 0 bridgehead atoms.